The third kappa shape index (κ3) is 4.38. The molecule has 4 aromatic rings. The number of carbonyl (C=O) groups is 1. The van der Waals surface area contributed by atoms with Gasteiger partial charge < -0.3 is 9.47 Å². The van der Waals surface area contributed by atoms with E-state index >= 15 is 0 Å². The molecule has 0 spiro atoms. The first-order chi connectivity index (χ1) is 17.5. The van der Waals surface area contributed by atoms with Crippen LogP contribution in [0.4, 0.5) is 0 Å². The lowest BCUT2D eigenvalue weighted by molar-refractivity contribution is -0.0190. The summed E-state index contributed by atoms with van der Waals surface area (Å²) in [6.45, 7) is 0. The first kappa shape index (κ1) is 22.8. The topological polar surface area (TPSA) is 51.1 Å². The van der Waals surface area contributed by atoms with Crippen molar-refractivity contribution in [1.82, 2.24) is 5.01 Å². The van der Waals surface area contributed by atoms with E-state index < -0.39 is 12.2 Å². The van der Waals surface area contributed by atoms with Gasteiger partial charge >= 0.3 is 5.97 Å². The highest BCUT2D eigenvalue weighted by atomic mass is 79.9. The number of halogens is 2. The molecule has 0 aromatic heterocycles. The molecule has 2 atom stereocenters. The Kier molecular flexibility index (Phi) is 5.99. The molecule has 5 nitrogen and oxygen atoms in total. The van der Waals surface area contributed by atoms with Crippen LogP contribution in [0.25, 0.3) is 0 Å². The summed E-state index contributed by atoms with van der Waals surface area (Å²) in [7, 11) is 0. The number of carbonyl (C=O) groups excluding carboxylic acids is 1. The van der Waals surface area contributed by atoms with Gasteiger partial charge in [-0.2, -0.15) is 5.10 Å². The Balaban J connectivity index is 1.28. The number of hydrazone groups is 1. The number of ether oxygens (including phenoxy) is 2. The molecule has 0 saturated heterocycles. The van der Waals surface area contributed by atoms with E-state index in [0.29, 0.717) is 16.3 Å². The molecule has 2 heterocycles. The highest BCUT2D eigenvalue weighted by Gasteiger charge is 2.40. The van der Waals surface area contributed by atoms with Gasteiger partial charge in [-0.05, 0) is 72.3 Å². The van der Waals surface area contributed by atoms with Crippen molar-refractivity contribution in [2.24, 2.45) is 5.10 Å². The second-order valence-corrected chi connectivity index (χ2v) is 9.98. The van der Waals surface area contributed by atoms with Crippen molar-refractivity contribution in [2.75, 3.05) is 0 Å². The summed E-state index contributed by atoms with van der Waals surface area (Å²) in [5.41, 5.74) is 4.54. The Labute approximate surface area is 222 Å². The zero-order valence-electron chi connectivity index (χ0n) is 19.0. The quantitative estimate of drug-likeness (QED) is 0.191. The van der Waals surface area contributed by atoms with Crippen LogP contribution in [-0.2, 0) is 0 Å². The van der Waals surface area contributed by atoms with Crippen molar-refractivity contribution in [1.29, 1.82) is 0 Å². The van der Waals surface area contributed by atoms with Gasteiger partial charge in [0.15, 0.2) is 0 Å². The summed E-state index contributed by atoms with van der Waals surface area (Å²) in [5, 5.41) is 7.70. The van der Waals surface area contributed by atoms with Gasteiger partial charge in [-0.15, -0.1) is 0 Å². The molecule has 0 N–H and O–H groups in total. The predicted molar refractivity (Wildman–Crippen MR) is 143 cm³/mol. The molecular weight excluding hydrogens is 540 g/mol. The third-order valence-corrected chi connectivity index (χ3v) is 7.11. The van der Waals surface area contributed by atoms with Crippen molar-refractivity contribution >= 4 is 39.2 Å². The van der Waals surface area contributed by atoms with Crippen molar-refractivity contribution in [3.05, 3.63) is 129 Å². The fourth-order valence-electron chi connectivity index (χ4n) is 4.52. The highest BCUT2D eigenvalue weighted by Crippen LogP contribution is 2.47. The summed E-state index contributed by atoms with van der Waals surface area (Å²) < 4.78 is 12.9. The molecule has 0 aliphatic carbocycles. The number of hydrogen-bond donors (Lipinski definition) is 0. The summed E-state index contributed by atoms with van der Waals surface area (Å²) in [5.74, 6) is 0.906. The number of esters is 1. The fraction of sp³-hybridized carbons (Fsp3) is 0.103. The summed E-state index contributed by atoms with van der Waals surface area (Å²) in [4.78, 5) is 12.5. The van der Waals surface area contributed by atoms with Gasteiger partial charge in [-0.1, -0.05) is 57.9 Å². The monoisotopic (exact) mass is 558 g/mol. The van der Waals surface area contributed by atoms with Crippen LogP contribution in [0.15, 0.2) is 107 Å². The molecule has 0 amide bonds. The Bertz CT molecular complexity index is 1450. The van der Waals surface area contributed by atoms with E-state index in [2.05, 4.69) is 22.0 Å². The van der Waals surface area contributed by atoms with E-state index in [1.807, 2.05) is 71.7 Å². The fourth-order valence-corrected chi connectivity index (χ4v) is 4.91. The highest BCUT2D eigenvalue weighted by molar-refractivity contribution is 9.10. The molecule has 178 valence electrons. The smallest absolute Gasteiger partial charge is 0.343 e. The summed E-state index contributed by atoms with van der Waals surface area (Å²) in [6.07, 6.45) is 0.354. The van der Waals surface area contributed by atoms with E-state index in [1.165, 1.54) is 0 Å². The minimum absolute atomic E-state index is 0.0561. The van der Waals surface area contributed by atoms with Crippen molar-refractivity contribution < 1.29 is 14.3 Å². The Hall–Kier alpha value is -3.61. The van der Waals surface area contributed by atoms with Gasteiger partial charge in [0, 0.05) is 27.0 Å². The minimum atomic E-state index is -0.411. The van der Waals surface area contributed by atoms with Crippen LogP contribution in [-0.4, -0.2) is 16.7 Å². The van der Waals surface area contributed by atoms with Crippen LogP contribution in [0.1, 0.15) is 45.7 Å². The largest absolute Gasteiger partial charge is 0.464 e. The van der Waals surface area contributed by atoms with Crippen LogP contribution in [0.5, 0.6) is 11.5 Å². The molecule has 2 aliphatic rings. The first-order valence-corrected chi connectivity index (χ1v) is 12.7. The van der Waals surface area contributed by atoms with Crippen LogP contribution in [0, 0.1) is 0 Å². The maximum atomic E-state index is 12.5. The predicted octanol–water partition coefficient (Wildman–Crippen LogP) is 7.56. The third-order valence-electron chi connectivity index (χ3n) is 6.33. The van der Waals surface area contributed by atoms with Gasteiger partial charge in [0.05, 0.1) is 17.3 Å². The molecule has 0 radical (unpaired) electrons. The molecule has 4 aromatic carbocycles. The summed E-state index contributed by atoms with van der Waals surface area (Å²) >= 11 is 9.47. The van der Waals surface area contributed by atoms with Crippen molar-refractivity contribution in [3.63, 3.8) is 0 Å². The van der Waals surface area contributed by atoms with Gasteiger partial charge in [0.25, 0.3) is 0 Å². The van der Waals surface area contributed by atoms with Crippen LogP contribution in [0.3, 0.4) is 0 Å². The van der Waals surface area contributed by atoms with Gasteiger partial charge in [0.2, 0.25) is 6.23 Å². The number of benzene rings is 4. The molecule has 6 rings (SSSR count). The van der Waals surface area contributed by atoms with Crippen LogP contribution in [0.2, 0.25) is 5.02 Å². The number of nitrogens with zero attached hydrogens (tertiary/aromatic N) is 2. The van der Waals surface area contributed by atoms with E-state index in [9.17, 15) is 4.79 Å². The van der Waals surface area contributed by atoms with E-state index in [1.54, 1.807) is 24.3 Å². The van der Waals surface area contributed by atoms with Crippen molar-refractivity contribution in [3.8, 4) is 11.5 Å². The average molecular weight is 560 g/mol. The Morgan fingerprint density at radius 1 is 0.944 bits per heavy atom. The van der Waals surface area contributed by atoms with Crippen LogP contribution >= 0.6 is 27.5 Å². The molecule has 0 fully saturated rings. The SMILES string of the molecule is O=C(Oc1ccc(C2Oc3ccccc3C3CC(c4ccc(Cl)cc4)=NN32)cc1)c1ccc(Br)cc1. The molecule has 0 saturated carbocycles. The number of rotatable bonds is 4. The van der Waals surface area contributed by atoms with E-state index in [4.69, 9.17) is 26.2 Å². The lowest BCUT2D eigenvalue weighted by Gasteiger charge is -2.38. The van der Waals surface area contributed by atoms with Gasteiger partial charge in [0.1, 0.15) is 11.5 Å². The van der Waals surface area contributed by atoms with Crippen LogP contribution < -0.4 is 9.47 Å². The Morgan fingerprint density at radius 2 is 1.67 bits per heavy atom. The standard InChI is InChI=1S/C29H20BrClN2O3/c30-21-11-5-20(6-12-21)29(34)35-23-15-9-19(10-16-23)28-33-26(24-3-1-2-4-27(24)36-28)17-25(32-33)18-7-13-22(31)14-8-18/h1-16,26,28H,17H2. The van der Waals surface area contributed by atoms with Gasteiger partial charge in [-0.25, -0.2) is 9.80 Å². The second-order valence-electron chi connectivity index (χ2n) is 8.63. The van der Waals surface area contributed by atoms with Crippen molar-refractivity contribution in [2.45, 2.75) is 18.7 Å². The zero-order valence-corrected chi connectivity index (χ0v) is 21.3. The number of hydrogen-bond acceptors (Lipinski definition) is 5. The van der Waals surface area contributed by atoms with E-state index in [-0.39, 0.29) is 6.04 Å². The minimum Gasteiger partial charge on any atom is -0.464 e. The second kappa shape index (κ2) is 9.45. The molecule has 36 heavy (non-hydrogen) atoms. The maximum Gasteiger partial charge on any atom is 0.343 e. The maximum absolute atomic E-state index is 12.5. The molecule has 7 heteroatoms. The number of para-hydroxylation sites is 1. The molecule has 0 bridgehead atoms. The average Bonchev–Trinajstić information content (AvgIpc) is 3.35. The molecule has 2 unspecified atom stereocenters. The molecule has 2 aliphatic heterocycles. The first-order valence-electron chi connectivity index (χ1n) is 11.5. The number of fused-ring (bicyclic) bond motifs is 3. The molecular formula is C29H20BrClN2O3. The lowest BCUT2D eigenvalue weighted by Crippen LogP contribution is -2.33. The Morgan fingerprint density at radius 3 is 2.42 bits per heavy atom. The van der Waals surface area contributed by atoms with Gasteiger partial charge in [-0.3, -0.25) is 0 Å². The lowest BCUT2D eigenvalue weighted by atomic mass is 9.96. The zero-order chi connectivity index (χ0) is 24.6. The van der Waals surface area contributed by atoms with E-state index in [0.717, 1.165) is 39.0 Å². The summed E-state index contributed by atoms with van der Waals surface area (Å²) in [6, 6.07) is 30.3. The normalized spacial score (nSPS) is 18.1.